The van der Waals surface area contributed by atoms with Crippen molar-refractivity contribution in [2.75, 3.05) is 0 Å². The van der Waals surface area contributed by atoms with E-state index in [1.54, 1.807) is 6.07 Å². The van der Waals surface area contributed by atoms with E-state index in [0.29, 0.717) is 6.29 Å². The summed E-state index contributed by atoms with van der Waals surface area (Å²) in [6.07, 6.45) is 0.449. The van der Waals surface area contributed by atoms with Gasteiger partial charge in [0.2, 0.25) is 0 Å². The smallest absolute Gasteiger partial charge is 0.336 e. The number of carboxylic acids is 1. The quantitative estimate of drug-likeness (QED) is 0.682. The summed E-state index contributed by atoms with van der Waals surface area (Å²) in [6.45, 7) is 0. The van der Waals surface area contributed by atoms with E-state index in [1.165, 1.54) is 18.2 Å². The zero-order chi connectivity index (χ0) is 9.84. The predicted molar refractivity (Wildman–Crippen MR) is 43.5 cm³/mol. The molecule has 0 heterocycles. The van der Waals surface area contributed by atoms with Crippen LogP contribution in [0.3, 0.4) is 0 Å². The molecule has 0 radical (unpaired) electrons. The molecule has 0 saturated carbocycles. The molecule has 4 nitrogen and oxygen atoms in total. The van der Waals surface area contributed by atoms with Crippen molar-refractivity contribution in [3.63, 3.8) is 0 Å². The molecule has 1 rings (SSSR count). The van der Waals surface area contributed by atoms with Crippen LogP contribution in [0.15, 0.2) is 18.2 Å². The summed E-state index contributed by atoms with van der Waals surface area (Å²) < 4.78 is 0. The number of carbonyl (C=O) groups is 2. The maximum atomic E-state index is 10.6. The Morgan fingerprint density at radius 3 is 2.69 bits per heavy atom. The van der Waals surface area contributed by atoms with Gasteiger partial charge >= 0.3 is 5.97 Å². The number of rotatable bonds is 2. The van der Waals surface area contributed by atoms with Crippen LogP contribution in [-0.4, -0.2) is 17.4 Å². The van der Waals surface area contributed by atoms with Gasteiger partial charge < -0.3 is 5.11 Å². The van der Waals surface area contributed by atoms with E-state index in [2.05, 4.69) is 0 Å². The molecule has 0 amide bonds. The van der Waals surface area contributed by atoms with Gasteiger partial charge in [-0.05, 0) is 18.2 Å². The fourth-order valence-electron chi connectivity index (χ4n) is 0.914. The number of carboxylic acid groups (broad SMARTS) is 1. The maximum absolute atomic E-state index is 10.6. The Labute approximate surface area is 74.0 Å². The number of aldehydes is 1. The summed E-state index contributed by atoms with van der Waals surface area (Å²) in [6, 6.07) is 5.68. The molecule has 1 N–H and O–H groups in total. The highest BCUT2D eigenvalue weighted by molar-refractivity contribution is 5.97. The number of hydrogen-bond acceptors (Lipinski definition) is 3. The fraction of sp³-hybridized carbons (Fsp3) is 0. The molecule has 13 heavy (non-hydrogen) atoms. The van der Waals surface area contributed by atoms with Gasteiger partial charge in [-0.25, -0.2) is 4.79 Å². The average molecular weight is 175 g/mol. The Balaban J connectivity index is 3.36. The number of aromatic carboxylic acids is 1. The minimum absolute atomic E-state index is 0.0755. The minimum Gasteiger partial charge on any atom is -0.478 e. The highest BCUT2D eigenvalue weighted by Crippen LogP contribution is 2.09. The van der Waals surface area contributed by atoms with E-state index in [9.17, 15) is 9.59 Å². The molecular formula is C9H5NO3. The molecule has 0 saturated heterocycles. The topological polar surface area (TPSA) is 78.2 Å². The van der Waals surface area contributed by atoms with Crippen LogP contribution in [0.2, 0.25) is 0 Å². The summed E-state index contributed by atoms with van der Waals surface area (Å²) >= 11 is 0. The second-order valence-corrected chi connectivity index (χ2v) is 2.34. The third-order valence-corrected chi connectivity index (χ3v) is 1.54. The van der Waals surface area contributed by atoms with Crippen LogP contribution in [0.4, 0.5) is 0 Å². The van der Waals surface area contributed by atoms with Crippen molar-refractivity contribution in [1.82, 2.24) is 0 Å². The lowest BCUT2D eigenvalue weighted by Gasteiger charge is -1.98. The van der Waals surface area contributed by atoms with Gasteiger partial charge in [0, 0.05) is 5.56 Å². The highest BCUT2D eigenvalue weighted by atomic mass is 16.4. The van der Waals surface area contributed by atoms with E-state index >= 15 is 0 Å². The molecule has 0 aliphatic rings. The fourth-order valence-corrected chi connectivity index (χ4v) is 0.914. The first-order valence-electron chi connectivity index (χ1n) is 3.41. The normalized spacial score (nSPS) is 8.85. The van der Waals surface area contributed by atoms with E-state index in [0.717, 1.165) is 0 Å². The monoisotopic (exact) mass is 175 g/mol. The van der Waals surface area contributed by atoms with Gasteiger partial charge in [-0.3, -0.25) is 4.79 Å². The Morgan fingerprint density at radius 1 is 1.54 bits per heavy atom. The standard InChI is InChI=1S/C9H5NO3/c10-4-6-1-2-7(5-11)8(3-6)9(12)13/h1-3,5H,(H,12,13). The van der Waals surface area contributed by atoms with Crippen molar-refractivity contribution in [1.29, 1.82) is 5.26 Å². The summed E-state index contributed by atoms with van der Waals surface area (Å²) in [5.41, 5.74) is 0.156. The zero-order valence-corrected chi connectivity index (χ0v) is 6.52. The molecule has 0 atom stereocenters. The van der Waals surface area contributed by atoms with Gasteiger partial charge in [0.15, 0.2) is 6.29 Å². The van der Waals surface area contributed by atoms with Gasteiger partial charge in [-0.15, -0.1) is 0 Å². The van der Waals surface area contributed by atoms with Crippen LogP contribution in [0, 0.1) is 11.3 Å². The van der Waals surface area contributed by atoms with E-state index < -0.39 is 5.97 Å². The lowest BCUT2D eigenvalue weighted by atomic mass is 10.1. The molecule has 0 aliphatic heterocycles. The molecule has 0 aliphatic carbocycles. The van der Waals surface area contributed by atoms with Crippen LogP contribution >= 0.6 is 0 Å². The molecule has 1 aromatic carbocycles. The number of carbonyl (C=O) groups excluding carboxylic acids is 1. The predicted octanol–water partition coefficient (Wildman–Crippen LogP) is 1.07. The molecule has 1 aromatic rings. The van der Waals surface area contributed by atoms with Crippen molar-refractivity contribution in [2.24, 2.45) is 0 Å². The summed E-state index contributed by atoms with van der Waals surface area (Å²) in [5, 5.41) is 17.1. The molecular weight excluding hydrogens is 170 g/mol. The summed E-state index contributed by atoms with van der Waals surface area (Å²) in [7, 11) is 0. The second-order valence-electron chi connectivity index (χ2n) is 2.34. The largest absolute Gasteiger partial charge is 0.478 e. The van der Waals surface area contributed by atoms with E-state index in [1.807, 2.05) is 0 Å². The molecule has 0 aromatic heterocycles. The number of hydrogen-bond donors (Lipinski definition) is 1. The zero-order valence-electron chi connectivity index (χ0n) is 6.52. The number of nitrogens with zero attached hydrogens (tertiary/aromatic N) is 1. The van der Waals surface area contributed by atoms with Crippen LogP contribution in [-0.2, 0) is 0 Å². The van der Waals surface area contributed by atoms with Crippen LogP contribution < -0.4 is 0 Å². The molecule has 0 unspecified atom stereocenters. The second kappa shape index (κ2) is 3.50. The Kier molecular flexibility index (Phi) is 2.41. The van der Waals surface area contributed by atoms with Gasteiger partial charge in [-0.1, -0.05) is 0 Å². The Bertz CT molecular complexity index is 404. The van der Waals surface area contributed by atoms with Gasteiger partial charge in [-0.2, -0.15) is 5.26 Å². The summed E-state index contributed by atoms with van der Waals surface area (Å²) in [5.74, 6) is -1.21. The van der Waals surface area contributed by atoms with Gasteiger partial charge in [0.1, 0.15) is 0 Å². The average Bonchev–Trinajstić information content (AvgIpc) is 2.16. The number of benzene rings is 1. The molecule has 4 heteroatoms. The van der Waals surface area contributed by atoms with Crippen LogP contribution in [0.5, 0.6) is 0 Å². The molecule has 0 spiro atoms. The van der Waals surface area contributed by atoms with Gasteiger partial charge in [0.05, 0.1) is 17.2 Å². The molecule has 0 bridgehead atoms. The van der Waals surface area contributed by atoms with Crippen LogP contribution in [0.1, 0.15) is 26.3 Å². The van der Waals surface area contributed by atoms with Gasteiger partial charge in [0.25, 0.3) is 0 Å². The third kappa shape index (κ3) is 1.71. The van der Waals surface area contributed by atoms with Crippen molar-refractivity contribution in [3.05, 3.63) is 34.9 Å². The minimum atomic E-state index is -1.21. The van der Waals surface area contributed by atoms with Crippen molar-refractivity contribution in [3.8, 4) is 6.07 Å². The first-order chi connectivity index (χ1) is 6.19. The first-order valence-corrected chi connectivity index (χ1v) is 3.41. The molecule has 0 fully saturated rings. The lowest BCUT2D eigenvalue weighted by molar-refractivity contribution is 0.0694. The third-order valence-electron chi connectivity index (χ3n) is 1.54. The van der Waals surface area contributed by atoms with Crippen molar-refractivity contribution < 1.29 is 14.7 Å². The molecule has 64 valence electrons. The van der Waals surface area contributed by atoms with Crippen LogP contribution in [0.25, 0.3) is 0 Å². The summed E-state index contributed by atoms with van der Waals surface area (Å²) in [4.78, 5) is 21.0. The Hall–Kier alpha value is -2.15. The SMILES string of the molecule is N#Cc1ccc(C=O)c(C(=O)O)c1. The van der Waals surface area contributed by atoms with E-state index in [4.69, 9.17) is 10.4 Å². The highest BCUT2D eigenvalue weighted by Gasteiger charge is 2.09. The maximum Gasteiger partial charge on any atom is 0.336 e. The first kappa shape index (κ1) is 8.94. The van der Waals surface area contributed by atoms with Crippen molar-refractivity contribution >= 4 is 12.3 Å². The van der Waals surface area contributed by atoms with E-state index in [-0.39, 0.29) is 16.7 Å². The Morgan fingerprint density at radius 2 is 2.23 bits per heavy atom. The van der Waals surface area contributed by atoms with Crippen molar-refractivity contribution in [2.45, 2.75) is 0 Å². The number of nitriles is 1. The lowest BCUT2D eigenvalue weighted by Crippen LogP contribution is -2.02.